The summed E-state index contributed by atoms with van der Waals surface area (Å²) in [6.45, 7) is 0. The quantitative estimate of drug-likeness (QED) is 0.228. The number of rotatable bonds is 4. The molecule has 0 amide bonds. The van der Waals surface area contributed by atoms with Crippen molar-refractivity contribution in [2.75, 3.05) is 0 Å². The molecule has 8 aromatic rings. The molecule has 0 unspecified atom stereocenters. The Balaban J connectivity index is 1.33. The molecule has 0 aliphatic carbocycles. The highest BCUT2D eigenvalue weighted by molar-refractivity contribution is 7.22. The molecule has 4 heterocycles. The molecule has 0 radical (unpaired) electrons. The number of fused-ring (bicyclic) bond motifs is 4. The molecular formula is C35H22N4S. The lowest BCUT2D eigenvalue weighted by Gasteiger charge is -2.10. The molecule has 0 atom stereocenters. The van der Waals surface area contributed by atoms with Gasteiger partial charge < -0.3 is 4.57 Å². The molecule has 0 N–H and O–H groups in total. The molecule has 0 aliphatic heterocycles. The Bertz CT molecular complexity index is 2160. The maximum absolute atomic E-state index is 5.07. The van der Waals surface area contributed by atoms with Crippen molar-refractivity contribution in [2.24, 2.45) is 0 Å². The van der Waals surface area contributed by atoms with E-state index in [0.29, 0.717) is 0 Å². The second-order valence-corrected chi connectivity index (χ2v) is 10.8. The molecular weight excluding hydrogens is 508 g/mol. The molecule has 188 valence electrons. The monoisotopic (exact) mass is 530 g/mol. The Labute approximate surface area is 234 Å². The second kappa shape index (κ2) is 9.26. The van der Waals surface area contributed by atoms with Gasteiger partial charge in [-0.2, -0.15) is 0 Å². The average Bonchev–Trinajstić information content (AvgIpc) is 3.61. The standard InChI is InChI=1S/C35H22N4S/c1-2-13-32-28(9-1)29-15-14-25(35-38-31-12-6-10-27(34(31)40-35)23-16-19-36-20-17-23)22-33(29)39(32)26-8-5-7-24(21-26)30-11-3-4-18-37-30/h1-22H. The van der Waals surface area contributed by atoms with Crippen LogP contribution in [-0.2, 0) is 0 Å². The highest BCUT2D eigenvalue weighted by atomic mass is 32.1. The van der Waals surface area contributed by atoms with Crippen LogP contribution in [0.25, 0.3) is 70.7 Å². The lowest BCUT2D eigenvalue weighted by molar-refractivity contribution is 1.18. The molecule has 40 heavy (non-hydrogen) atoms. The Morgan fingerprint density at radius 3 is 2.33 bits per heavy atom. The lowest BCUT2D eigenvalue weighted by Crippen LogP contribution is -1.95. The van der Waals surface area contributed by atoms with E-state index in [1.807, 2.05) is 30.7 Å². The summed E-state index contributed by atoms with van der Waals surface area (Å²) >= 11 is 1.74. The third kappa shape index (κ3) is 3.71. The van der Waals surface area contributed by atoms with Gasteiger partial charge in [0.1, 0.15) is 5.01 Å². The fourth-order valence-electron chi connectivity index (χ4n) is 5.55. The maximum Gasteiger partial charge on any atom is 0.124 e. The van der Waals surface area contributed by atoms with E-state index in [1.165, 1.54) is 26.6 Å². The van der Waals surface area contributed by atoms with E-state index < -0.39 is 0 Å². The Hall–Kier alpha value is -5.13. The number of hydrogen-bond donors (Lipinski definition) is 0. The van der Waals surface area contributed by atoms with Crippen molar-refractivity contribution in [3.05, 3.63) is 134 Å². The molecule has 0 bridgehead atoms. The summed E-state index contributed by atoms with van der Waals surface area (Å²) in [7, 11) is 0. The van der Waals surface area contributed by atoms with Gasteiger partial charge in [0.25, 0.3) is 0 Å². The number of thiazole rings is 1. The molecule has 0 spiro atoms. The summed E-state index contributed by atoms with van der Waals surface area (Å²) in [5.74, 6) is 0. The summed E-state index contributed by atoms with van der Waals surface area (Å²) in [5, 5.41) is 3.47. The number of benzene rings is 4. The van der Waals surface area contributed by atoms with Gasteiger partial charge in [-0.3, -0.25) is 9.97 Å². The van der Waals surface area contributed by atoms with Crippen molar-refractivity contribution < 1.29 is 0 Å². The van der Waals surface area contributed by atoms with Crippen LogP contribution in [0.3, 0.4) is 0 Å². The first-order valence-electron chi connectivity index (χ1n) is 13.2. The van der Waals surface area contributed by atoms with Crippen LogP contribution in [0.2, 0.25) is 0 Å². The van der Waals surface area contributed by atoms with Crippen LogP contribution in [0.5, 0.6) is 0 Å². The van der Waals surface area contributed by atoms with E-state index in [2.05, 4.69) is 118 Å². The smallest absolute Gasteiger partial charge is 0.124 e. The Morgan fingerprint density at radius 2 is 1.43 bits per heavy atom. The van der Waals surface area contributed by atoms with Crippen molar-refractivity contribution in [1.29, 1.82) is 0 Å². The molecule has 0 aliphatic rings. The van der Waals surface area contributed by atoms with Crippen molar-refractivity contribution >= 4 is 43.4 Å². The van der Waals surface area contributed by atoms with E-state index in [0.717, 1.165) is 44.1 Å². The summed E-state index contributed by atoms with van der Waals surface area (Å²) in [4.78, 5) is 13.8. The van der Waals surface area contributed by atoms with Crippen molar-refractivity contribution in [3.8, 4) is 38.6 Å². The Kier molecular flexibility index (Phi) is 5.28. The fraction of sp³-hybridized carbons (Fsp3) is 0. The lowest BCUT2D eigenvalue weighted by atomic mass is 10.1. The summed E-state index contributed by atoms with van der Waals surface area (Å²) < 4.78 is 3.54. The largest absolute Gasteiger partial charge is 0.309 e. The first-order chi connectivity index (χ1) is 19.8. The van der Waals surface area contributed by atoms with Crippen LogP contribution in [0, 0.1) is 0 Å². The van der Waals surface area contributed by atoms with E-state index in [1.54, 1.807) is 11.3 Å². The summed E-state index contributed by atoms with van der Waals surface area (Å²) in [6.07, 6.45) is 5.52. The van der Waals surface area contributed by atoms with Crippen LogP contribution in [-0.4, -0.2) is 19.5 Å². The molecule has 4 aromatic carbocycles. The molecule has 4 aromatic heterocycles. The molecule has 8 rings (SSSR count). The van der Waals surface area contributed by atoms with Crippen molar-refractivity contribution in [2.45, 2.75) is 0 Å². The van der Waals surface area contributed by atoms with E-state index in [-0.39, 0.29) is 0 Å². The highest BCUT2D eigenvalue weighted by Crippen LogP contribution is 2.39. The van der Waals surface area contributed by atoms with Crippen LogP contribution in [0.1, 0.15) is 0 Å². The number of nitrogens with zero attached hydrogens (tertiary/aromatic N) is 4. The van der Waals surface area contributed by atoms with E-state index in [4.69, 9.17) is 4.98 Å². The zero-order chi connectivity index (χ0) is 26.5. The number of pyridine rings is 2. The van der Waals surface area contributed by atoms with Crippen molar-refractivity contribution in [3.63, 3.8) is 0 Å². The van der Waals surface area contributed by atoms with Gasteiger partial charge in [-0.05, 0) is 60.2 Å². The molecule has 0 saturated carbocycles. The van der Waals surface area contributed by atoms with Crippen LogP contribution >= 0.6 is 11.3 Å². The van der Waals surface area contributed by atoms with E-state index >= 15 is 0 Å². The minimum absolute atomic E-state index is 0.963. The van der Waals surface area contributed by atoms with Crippen molar-refractivity contribution in [1.82, 2.24) is 19.5 Å². The minimum atomic E-state index is 0.963. The number of para-hydroxylation sites is 1. The normalized spacial score (nSPS) is 11.5. The SMILES string of the molecule is c1ccc(-c2cccc(-n3c4ccccc4c4ccc(-c5nc6cccc(-c7ccncc7)c6s5)cc43)c2)nc1. The van der Waals surface area contributed by atoms with Gasteiger partial charge in [0.05, 0.1) is 26.9 Å². The topological polar surface area (TPSA) is 43.6 Å². The predicted octanol–water partition coefficient (Wildman–Crippen LogP) is 9.18. The van der Waals surface area contributed by atoms with Gasteiger partial charge in [0.2, 0.25) is 0 Å². The maximum atomic E-state index is 5.07. The molecule has 0 fully saturated rings. The van der Waals surface area contributed by atoms with Gasteiger partial charge in [-0.15, -0.1) is 11.3 Å². The van der Waals surface area contributed by atoms with Gasteiger partial charge in [-0.1, -0.05) is 60.7 Å². The molecule has 4 nitrogen and oxygen atoms in total. The Morgan fingerprint density at radius 1 is 0.575 bits per heavy atom. The zero-order valence-corrected chi connectivity index (χ0v) is 22.2. The number of aromatic nitrogens is 4. The van der Waals surface area contributed by atoms with Gasteiger partial charge >= 0.3 is 0 Å². The average molecular weight is 531 g/mol. The predicted molar refractivity (Wildman–Crippen MR) is 166 cm³/mol. The molecule has 0 saturated heterocycles. The second-order valence-electron chi connectivity index (χ2n) is 9.76. The first kappa shape index (κ1) is 22.8. The third-order valence-corrected chi connectivity index (χ3v) is 8.55. The first-order valence-corrected chi connectivity index (χ1v) is 14.0. The summed E-state index contributed by atoms with van der Waals surface area (Å²) in [5.41, 5.74) is 9.96. The van der Waals surface area contributed by atoms with Crippen LogP contribution < -0.4 is 0 Å². The van der Waals surface area contributed by atoms with Gasteiger partial charge in [0, 0.05) is 51.7 Å². The van der Waals surface area contributed by atoms with Gasteiger partial charge in [-0.25, -0.2) is 4.98 Å². The number of hydrogen-bond acceptors (Lipinski definition) is 4. The highest BCUT2D eigenvalue weighted by Gasteiger charge is 2.16. The zero-order valence-electron chi connectivity index (χ0n) is 21.4. The van der Waals surface area contributed by atoms with Gasteiger partial charge in [0.15, 0.2) is 0 Å². The fourth-order valence-corrected chi connectivity index (χ4v) is 6.65. The van der Waals surface area contributed by atoms with E-state index in [9.17, 15) is 0 Å². The minimum Gasteiger partial charge on any atom is -0.309 e. The third-order valence-electron chi connectivity index (χ3n) is 7.39. The van der Waals surface area contributed by atoms with Crippen LogP contribution in [0.15, 0.2) is 134 Å². The molecule has 5 heteroatoms. The van der Waals surface area contributed by atoms with Crippen LogP contribution in [0.4, 0.5) is 0 Å². The summed E-state index contributed by atoms with van der Waals surface area (Å²) in [6, 6.07) is 40.4.